The standard InChI is InChI=1S/C23H26N10O/c1-3-6-19-14-32(21-28-25-16-31(21)4-2)22(34)33(19)15-23(9-11-24-12-10-23)18-8-5-7-17(13-18)20-26-29-30-27-20/h5,7-14,16,24H,3-4,6,15H2,1-2H3,(H,26,27,29,30). The molecule has 1 aliphatic rings. The molecule has 1 aliphatic heterocycles. The van der Waals surface area contributed by atoms with Crippen LogP contribution in [0.3, 0.4) is 0 Å². The fraction of sp³-hybridized carbons (Fsp3) is 0.304. The van der Waals surface area contributed by atoms with E-state index in [1.807, 2.05) is 46.8 Å². The second kappa shape index (κ2) is 8.93. The van der Waals surface area contributed by atoms with Gasteiger partial charge in [-0.15, -0.1) is 15.3 Å². The lowest BCUT2D eigenvalue weighted by Crippen LogP contribution is -2.36. The second-order valence-corrected chi connectivity index (χ2v) is 8.23. The van der Waals surface area contributed by atoms with Gasteiger partial charge in [0.15, 0.2) is 5.82 Å². The minimum Gasteiger partial charge on any atom is -0.368 e. The van der Waals surface area contributed by atoms with Crippen LogP contribution in [-0.4, -0.2) is 44.5 Å². The molecule has 0 bridgehead atoms. The SMILES string of the molecule is CCCc1cn(-c2nncn2CC)c(=O)n1CC1(c2cccc(-c3nnn[nH]3)c2)C=CNC=C1. The maximum atomic E-state index is 13.7. The predicted octanol–water partition coefficient (Wildman–Crippen LogP) is 1.95. The monoisotopic (exact) mass is 458 g/mol. The number of hydrogen-bond donors (Lipinski definition) is 2. The van der Waals surface area contributed by atoms with Gasteiger partial charge in [-0.05, 0) is 47.8 Å². The van der Waals surface area contributed by atoms with Crippen LogP contribution in [0.2, 0.25) is 0 Å². The summed E-state index contributed by atoms with van der Waals surface area (Å²) in [6.45, 7) is 5.21. The molecule has 4 aromatic rings. The third kappa shape index (κ3) is 3.74. The maximum Gasteiger partial charge on any atom is 0.335 e. The summed E-state index contributed by atoms with van der Waals surface area (Å²) < 4.78 is 5.30. The minimum absolute atomic E-state index is 0.138. The molecule has 0 saturated carbocycles. The smallest absolute Gasteiger partial charge is 0.335 e. The Morgan fingerprint density at radius 1 is 1.12 bits per heavy atom. The van der Waals surface area contributed by atoms with E-state index in [4.69, 9.17) is 0 Å². The van der Waals surface area contributed by atoms with E-state index < -0.39 is 5.41 Å². The molecule has 0 radical (unpaired) electrons. The van der Waals surface area contributed by atoms with Crippen molar-refractivity contribution in [3.63, 3.8) is 0 Å². The number of nitrogens with zero attached hydrogens (tertiary/aromatic N) is 8. The zero-order chi connectivity index (χ0) is 23.5. The fourth-order valence-electron chi connectivity index (χ4n) is 4.35. The summed E-state index contributed by atoms with van der Waals surface area (Å²) in [4.78, 5) is 13.7. The van der Waals surface area contributed by atoms with Crippen LogP contribution in [0, 0.1) is 0 Å². The van der Waals surface area contributed by atoms with Crippen LogP contribution in [0.4, 0.5) is 0 Å². The third-order valence-corrected chi connectivity index (χ3v) is 6.11. The number of aromatic amines is 1. The molecule has 174 valence electrons. The summed E-state index contributed by atoms with van der Waals surface area (Å²) in [5.41, 5.74) is 2.16. The van der Waals surface area contributed by atoms with Gasteiger partial charge in [-0.3, -0.25) is 9.13 Å². The van der Waals surface area contributed by atoms with Crippen LogP contribution in [-0.2, 0) is 24.9 Å². The highest BCUT2D eigenvalue weighted by Gasteiger charge is 2.31. The van der Waals surface area contributed by atoms with Crippen LogP contribution >= 0.6 is 0 Å². The van der Waals surface area contributed by atoms with Crippen molar-refractivity contribution in [2.24, 2.45) is 0 Å². The first-order valence-electron chi connectivity index (χ1n) is 11.3. The van der Waals surface area contributed by atoms with E-state index in [1.165, 1.54) is 0 Å². The van der Waals surface area contributed by atoms with E-state index >= 15 is 0 Å². The number of allylic oxidation sites excluding steroid dienone is 2. The number of benzene rings is 1. The van der Waals surface area contributed by atoms with Crippen LogP contribution in [0.1, 0.15) is 31.5 Å². The van der Waals surface area contributed by atoms with E-state index in [9.17, 15) is 4.79 Å². The molecule has 3 aromatic heterocycles. The van der Waals surface area contributed by atoms with Gasteiger partial charge in [-0.25, -0.2) is 14.5 Å². The summed E-state index contributed by atoms with van der Waals surface area (Å²) in [5.74, 6) is 1.11. The molecule has 0 spiro atoms. The summed E-state index contributed by atoms with van der Waals surface area (Å²) in [5, 5.41) is 25.6. The molecule has 2 N–H and O–H groups in total. The quantitative estimate of drug-likeness (QED) is 0.413. The number of dihydropyridines is 1. The highest BCUT2D eigenvalue weighted by Crippen LogP contribution is 2.33. The first-order valence-corrected chi connectivity index (χ1v) is 11.3. The lowest BCUT2D eigenvalue weighted by Gasteiger charge is -2.31. The van der Waals surface area contributed by atoms with E-state index in [2.05, 4.69) is 67.3 Å². The predicted molar refractivity (Wildman–Crippen MR) is 126 cm³/mol. The summed E-state index contributed by atoms with van der Waals surface area (Å²) in [6, 6.07) is 8.04. The number of nitrogens with one attached hydrogen (secondary N) is 2. The van der Waals surface area contributed by atoms with Crippen LogP contribution in [0.25, 0.3) is 17.3 Å². The Balaban J connectivity index is 1.62. The Hall–Kier alpha value is -4.28. The molecule has 0 atom stereocenters. The normalized spacial score (nSPS) is 14.4. The van der Waals surface area contributed by atoms with Gasteiger partial charge in [-0.1, -0.05) is 43.7 Å². The Morgan fingerprint density at radius 2 is 1.97 bits per heavy atom. The van der Waals surface area contributed by atoms with Crippen molar-refractivity contribution in [2.45, 2.75) is 45.2 Å². The molecule has 0 unspecified atom stereocenters. The highest BCUT2D eigenvalue weighted by atomic mass is 16.2. The average Bonchev–Trinajstić information content (AvgIpc) is 3.62. The zero-order valence-electron chi connectivity index (χ0n) is 19.1. The van der Waals surface area contributed by atoms with Crippen molar-refractivity contribution in [3.8, 4) is 17.3 Å². The van der Waals surface area contributed by atoms with Gasteiger partial charge in [0.2, 0.25) is 5.95 Å². The number of rotatable bonds is 8. The lowest BCUT2D eigenvalue weighted by atomic mass is 9.78. The van der Waals surface area contributed by atoms with Gasteiger partial charge in [0.05, 0.1) is 5.41 Å². The van der Waals surface area contributed by atoms with Crippen LogP contribution < -0.4 is 11.0 Å². The average molecular weight is 459 g/mol. The van der Waals surface area contributed by atoms with Crippen LogP contribution in [0.5, 0.6) is 0 Å². The summed E-state index contributed by atoms with van der Waals surface area (Å²) >= 11 is 0. The molecule has 11 nitrogen and oxygen atoms in total. The third-order valence-electron chi connectivity index (χ3n) is 6.11. The summed E-state index contributed by atoms with van der Waals surface area (Å²) in [6.07, 6.45) is 13.2. The molecule has 5 rings (SSSR count). The zero-order valence-corrected chi connectivity index (χ0v) is 19.1. The van der Waals surface area contributed by atoms with Gasteiger partial charge < -0.3 is 5.32 Å². The van der Waals surface area contributed by atoms with Gasteiger partial charge in [0, 0.05) is 30.5 Å². The Kier molecular flexibility index (Phi) is 5.66. The highest BCUT2D eigenvalue weighted by molar-refractivity contribution is 5.57. The molecule has 0 aliphatic carbocycles. The number of hydrogen-bond acceptors (Lipinski definition) is 7. The number of aromatic nitrogens is 9. The molecular formula is C23H26N10O. The van der Waals surface area contributed by atoms with Crippen molar-refractivity contribution in [2.75, 3.05) is 0 Å². The molecule has 4 heterocycles. The second-order valence-electron chi connectivity index (χ2n) is 8.23. The Labute approximate surface area is 195 Å². The van der Waals surface area contributed by atoms with Gasteiger partial charge in [0.1, 0.15) is 6.33 Å². The van der Waals surface area contributed by atoms with Crippen molar-refractivity contribution >= 4 is 0 Å². The maximum absolute atomic E-state index is 13.7. The van der Waals surface area contributed by atoms with Crippen molar-refractivity contribution in [1.82, 2.24) is 49.8 Å². The number of imidazole rings is 1. The molecule has 0 amide bonds. The topological polar surface area (TPSA) is 124 Å². The van der Waals surface area contributed by atoms with E-state index in [0.717, 1.165) is 29.7 Å². The van der Waals surface area contributed by atoms with Crippen molar-refractivity contribution in [3.05, 3.63) is 83.1 Å². The molecule has 0 saturated heterocycles. The molecule has 11 heteroatoms. The largest absolute Gasteiger partial charge is 0.368 e. The van der Waals surface area contributed by atoms with E-state index in [-0.39, 0.29) is 5.69 Å². The number of tetrazole rings is 1. The molecular weight excluding hydrogens is 432 g/mol. The van der Waals surface area contributed by atoms with E-state index in [0.29, 0.717) is 24.9 Å². The van der Waals surface area contributed by atoms with Crippen LogP contribution in [0.15, 0.2) is 66.1 Å². The molecule has 1 aromatic carbocycles. The van der Waals surface area contributed by atoms with Gasteiger partial charge >= 0.3 is 5.69 Å². The molecule has 34 heavy (non-hydrogen) atoms. The van der Waals surface area contributed by atoms with Gasteiger partial charge in [-0.2, -0.15) is 0 Å². The van der Waals surface area contributed by atoms with Crippen molar-refractivity contribution in [1.29, 1.82) is 0 Å². The fourth-order valence-corrected chi connectivity index (χ4v) is 4.35. The molecule has 0 fully saturated rings. The summed E-state index contributed by atoms with van der Waals surface area (Å²) in [7, 11) is 0. The minimum atomic E-state index is -0.550. The Bertz CT molecular complexity index is 1380. The first kappa shape index (κ1) is 21.6. The van der Waals surface area contributed by atoms with Gasteiger partial charge in [0.25, 0.3) is 0 Å². The Morgan fingerprint density at radius 3 is 2.71 bits per heavy atom. The number of H-pyrrole nitrogens is 1. The van der Waals surface area contributed by atoms with Crippen molar-refractivity contribution < 1.29 is 0 Å². The lowest BCUT2D eigenvalue weighted by molar-refractivity contribution is 0.496. The van der Waals surface area contributed by atoms with E-state index in [1.54, 1.807) is 10.9 Å². The first-order chi connectivity index (χ1) is 16.6. The number of aryl methyl sites for hydroxylation is 2.